The molecule has 1 nitrogen and oxygen atoms in total. The Labute approximate surface area is 55.3 Å². The Morgan fingerprint density at radius 2 is 2.38 bits per heavy atom. The fourth-order valence-electron chi connectivity index (χ4n) is 0.384. The lowest BCUT2D eigenvalue weighted by molar-refractivity contribution is 0.232. The van der Waals surface area contributed by atoms with Crippen LogP contribution in [-0.4, -0.2) is 12.5 Å². The van der Waals surface area contributed by atoms with Gasteiger partial charge in [0.25, 0.3) is 0 Å². The van der Waals surface area contributed by atoms with Gasteiger partial charge in [-0.3, -0.25) is 0 Å². The summed E-state index contributed by atoms with van der Waals surface area (Å²) in [6.07, 6.45) is 1.87. The molecular weight excluding hydrogens is 124 g/mol. The van der Waals surface area contributed by atoms with Gasteiger partial charge in [-0.2, -0.15) is 0 Å². The molecule has 2 heteroatoms. The molecule has 0 saturated carbocycles. The monoisotopic (exact) mass is 134 g/mol. The lowest BCUT2D eigenvalue weighted by atomic mass is 10.5. The van der Waals surface area contributed by atoms with Crippen molar-refractivity contribution < 1.29 is 4.74 Å². The Morgan fingerprint density at radius 1 is 1.75 bits per heavy atom. The molecule has 0 amide bonds. The number of hydrogen-bond acceptors (Lipinski definition) is 1. The largest absolute Gasteiger partial charge is 0.497 e. The van der Waals surface area contributed by atoms with Crippen LogP contribution < -0.4 is 0 Å². The van der Waals surface area contributed by atoms with Gasteiger partial charge in [0.05, 0.1) is 12.5 Å². The first-order valence-electron chi connectivity index (χ1n) is 2.69. The van der Waals surface area contributed by atoms with Crippen molar-refractivity contribution in [2.24, 2.45) is 0 Å². The number of halogens is 1. The van der Waals surface area contributed by atoms with Crippen LogP contribution in [0.2, 0.25) is 0 Å². The van der Waals surface area contributed by atoms with Crippen molar-refractivity contribution in [2.45, 2.75) is 13.8 Å². The summed E-state index contributed by atoms with van der Waals surface area (Å²) < 4.78 is 5.07. The minimum atomic E-state index is 0.477. The number of hydrogen-bond donors (Lipinski definition) is 0. The summed E-state index contributed by atoms with van der Waals surface area (Å²) >= 11 is 5.45. The van der Waals surface area contributed by atoms with Gasteiger partial charge in [-0.1, -0.05) is 0 Å². The van der Waals surface area contributed by atoms with E-state index in [1.54, 1.807) is 0 Å². The quantitative estimate of drug-likeness (QED) is 0.425. The van der Waals surface area contributed by atoms with E-state index in [9.17, 15) is 0 Å². The summed E-state index contributed by atoms with van der Waals surface area (Å²) in [7, 11) is 0. The maximum atomic E-state index is 5.45. The Kier molecular flexibility index (Phi) is 4.87. The summed E-state index contributed by atoms with van der Waals surface area (Å²) in [4.78, 5) is 0. The zero-order valence-corrected chi connectivity index (χ0v) is 6.03. The van der Waals surface area contributed by atoms with Gasteiger partial charge in [-0.25, -0.2) is 0 Å². The third-order valence-electron chi connectivity index (χ3n) is 0.783. The number of alkyl halides is 1. The molecule has 0 atom stereocenters. The van der Waals surface area contributed by atoms with Crippen molar-refractivity contribution in [2.75, 3.05) is 12.5 Å². The first-order chi connectivity index (χ1) is 3.85. The maximum Gasteiger partial charge on any atom is 0.106 e. The van der Waals surface area contributed by atoms with Crippen molar-refractivity contribution in [3.8, 4) is 0 Å². The van der Waals surface area contributed by atoms with E-state index in [0.29, 0.717) is 12.5 Å². The third-order valence-corrected chi connectivity index (χ3v) is 1.05. The van der Waals surface area contributed by atoms with Crippen molar-refractivity contribution in [3.63, 3.8) is 0 Å². The smallest absolute Gasteiger partial charge is 0.106 e. The summed E-state index contributed by atoms with van der Waals surface area (Å²) in [6.45, 7) is 4.55. The highest BCUT2D eigenvalue weighted by Gasteiger charge is 1.88. The maximum absolute atomic E-state index is 5.45. The molecule has 0 rings (SSSR count). The molecule has 0 aliphatic rings. The van der Waals surface area contributed by atoms with Crippen LogP contribution in [0.4, 0.5) is 0 Å². The molecule has 0 bridgehead atoms. The molecule has 0 spiro atoms. The van der Waals surface area contributed by atoms with Crippen LogP contribution in [0.25, 0.3) is 0 Å². The van der Waals surface area contributed by atoms with Crippen LogP contribution in [-0.2, 0) is 4.74 Å². The number of rotatable bonds is 3. The Morgan fingerprint density at radius 3 is 2.50 bits per heavy atom. The van der Waals surface area contributed by atoms with Gasteiger partial charge in [0.1, 0.15) is 5.76 Å². The van der Waals surface area contributed by atoms with Gasteiger partial charge in [-0.05, 0) is 19.9 Å². The molecular formula is C6H11ClO. The van der Waals surface area contributed by atoms with Crippen molar-refractivity contribution >= 4 is 11.6 Å². The SMILES string of the molecule is C/C=C(/CCl)OCC. The minimum Gasteiger partial charge on any atom is -0.497 e. The summed E-state index contributed by atoms with van der Waals surface area (Å²) in [5, 5.41) is 0. The van der Waals surface area contributed by atoms with E-state index in [2.05, 4.69) is 0 Å². The second-order valence-corrected chi connectivity index (χ2v) is 1.59. The van der Waals surface area contributed by atoms with Crippen molar-refractivity contribution in [3.05, 3.63) is 11.8 Å². The first kappa shape index (κ1) is 7.83. The molecule has 48 valence electrons. The number of allylic oxidation sites excluding steroid dienone is 2. The molecule has 0 heterocycles. The van der Waals surface area contributed by atoms with Gasteiger partial charge < -0.3 is 4.74 Å². The van der Waals surface area contributed by atoms with Crippen molar-refractivity contribution in [1.82, 2.24) is 0 Å². The van der Waals surface area contributed by atoms with E-state index in [1.807, 2.05) is 19.9 Å². The molecule has 0 fully saturated rings. The zero-order chi connectivity index (χ0) is 6.41. The fraction of sp³-hybridized carbons (Fsp3) is 0.667. The topological polar surface area (TPSA) is 9.23 Å². The van der Waals surface area contributed by atoms with E-state index in [4.69, 9.17) is 16.3 Å². The van der Waals surface area contributed by atoms with Crippen LogP contribution >= 0.6 is 11.6 Å². The summed E-state index contributed by atoms with van der Waals surface area (Å²) in [5.74, 6) is 1.33. The lowest BCUT2D eigenvalue weighted by Gasteiger charge is -2.01. The fourth-order valence-corrected chi connectivity index (χ4v) is 0.616. The van der Waals surface area contributed by atoms with Crippen LogP contribution in [0.15, 0.2) is 11.8 Å². The molecule has 0 unspecified atom stereocenters. The van der Waals surface area contributed by atoms with E-state index < -0.39 is 0 Å². The first-order valence-corrected chi connectivity index (χ1v) is 3.22. The van der Waals surface area contributed by atoms with Crippen LogP contribution in [0.5, 0.6) is 0 Å². The highest BCUT2D eigenvalue weighted by Crippen LogP contribution is 1.97. The van der Waals surface area contributed by atoms with Gasteiger partial charge in [0, 0.05) is 0 Å². The predicted molar refractivity (Wildman–Crippen MR) is 36.1 cm³/mol. The van der Waals surface area contributed by atoms with Crippen LogP contribution in [0, 0.1) is 0 Å². The van der Waals surface area contributed by atoms with E-state index in [0.717, 1.165) is 5.76 Å². The summed E-state index contributed by atoms with van der Waals surface area (Å²) in [6, 6.07) is 0. The van der Waals surface area contributed by atoms with Crippen molar-refractivity contribution in [1.29, 1.82) is 0 Å². The average molecular weight is 135 g/mol. The normalized spacial score (nSPS) is 11.6. The molecule has 0 radical (unpaired) electrons. The van der Waals surface area contributed by atoms with Gasteiger partial charge in [-0.15, -0.1) is 11.6 Å². The summed E-state index contributed by atoms with van der Waals surface area (Å²) in [5.41, 5.74) is 0. The predicted octanol–water partition coefficient (Wildman–Crippen LogP) is 2.17. The third kappa shape index (κ3) is 2.92. The Bertz CT molecular complexity index is 78.6. The molecule has 0 aromatic rings. The zero-order valence-electron chi connectivity index (χ0n) is 5.28. The molecule has 8 heavy (non-hydrogen) atoms. The van der Waals surface area contributed by atoms with Crippen LogP contribution in [0.1, 0.15) is 13.8 Å². The molecule has 0 saturated heterocycles. The molecule has 0 aliphatic heterocycles. The second-order valence-electron chi connectivity index (χ2n) is 1.32. The highest BCUT2D eigenvalue weighted by atomic mass is 35.5. The Hall–Kier alpha value is -0.170. The molecule has 0 aromatic carbocycles. The van der Waals surface area contributed by atoms with E-state index in [1.165, 1.54) is 0 Å². The van der Waals surface area contributed by atoms with Gasteiger partial charge >= 0.3 is 0 Å². The second kappa shape index (κ2) is 4.98. The standard InChI is InChI=1S/C6H11ClO/c1-3-6(5-7)8-4-2/h3H,4-5H2,1-2H3/b6-3-. The molecule has 0 aliphatic carbocycles. The lowest BCUT2D eigenvalue weighted by Crippen LogP contribution is -1.91. The van der Waals surface area contributed by atoms with E-state index in [-0.39, 0.29) is 0 Å². The van der Waals surface area contributed by atoms with Crippen LogP contribution in [0.3, 0.4) is 0 Å². The molecule has 0 N–H and O–H groups in total. The van der Waals surface area contributed by atoms with Gasteiger partial charge in [0.15, 0.2) is 0 Å². The highest BCUT2D eigenvalue weighted by molar-refractivity contribution is 6.19. The average Bonchev–Trinajstić information content (AvgIpc) is 1.83. The number of ether oxygens (including phenoxy) is 1. The molecule has 0 aromatic heterocycles. The Balaban J connectivity index is 3.38. The minimum absolute atomic E-state index is 0.477. The van der Waals surface area contributed by atoms with Gasteiger partial charge in [0.2, 0.25) is 0 Å². The van der Waals surface area contributed by atoms with E-state index >= 15 is 0 Å².